The first kappa shape index (κ1) is 11.9. The Kier molecular flexibility index (Phi) is 2.99. The highest BCUT2D eigenvalue weighted by atomic mass is 32.1. The maximum absolute atomic E-state index is 5.52. The number of para-hydroxylation sites is 1. The number of piperidine rings is 1. The Morgan fingerprint density at radius 3 is 3.00 bits per heavy atom. The lowest BCUT2D eigenvalue weighted by molar-refractivity contribution is 0.214. The smallest absolute Gasteiger partial charge is 0.178 e. The molecule has 0 aliphatic carbocycles. The molecule has 3 rings (SSSR count). The second kappa shape index (κ2) is 4.52. The van der Waals surface area contributed by atoms with Gasteiger partial charge in [-0.2, -0.15) is 0 Å². The monoisotopic (exact) mass is 261 g/mol. The normalized spacial score (nSPS) is 21.6. The second-order valence-corrected chi connectivity index (χ2v) is 5.72. The number of nitrogens with one attached hydrogen (secondary N) is 1. The van der Waals surface area contributed by atoms with E-state index < -0.39 is 0 Å². The van der Waals surface area contributed by atoms with E-state index in [0.29, 0.717) is 6.04 Å². The summed E-state index contributed by atoms with van der Waals surface area (Å²) in [6.45, 7) is 4.45. The van der Waals surface area contributed by atoms with Gasteiger partial charge in [-0.3, -0.25) is 0 Å². The maximum Gasteiger partial charge on any atom is 0.178 e. The summed E-state index contributed by atoms with van der Waals surface area (Å²) < 4.78 is 3.19. The Hall–Kier alpha value is -1.13. The number of hydrogen-bond acceptors (Lipinski definition) is 2. The zero-order valence-corrected chi connectivity index (χ0v) is 11.8. The third-order valence-corrected chi connectivity index (χ3v) is 4.20. The van der Waals surface area contributed by atoms with Crippen molar-refractivity contribution < 1.29 is 0 Å². The molecule has 0 bridgehead atoms. The molecular weight excluding hydrogens is 242 g/mol. The van der Waals surface area contributed by atoms with Crippen molar-refractivity contribution in [3.8, 4) is 0 Å². The van der Waals surface area contributed by atoms with E-state index in [4.69, 9.17) is 12.2 Å². The minimum atomic E-state index is 0.506. The molecule has 3 nitrogen and oxygen atoms in total. The summed E-state index contributed by atoms with van der Waals surface area (Å²) in [5, 5.41) is 0. The van der Waals surface area contributed by atoms with Crippen molar-refractivity contribution >= 4 is 23.3 Å². The molecular formula is C14H19N3S. The molecule has 1 aromatic carbocycles. The van der Waals surface area contributed by atoms with Gasteiger partial charge in [0.05, 0.1) is 11.0 Å². The fraction of sp³-hybridized carbons (Fsp3) is 0.500. The van der Waals surface area contributed by atoms with E-state index in [0.717, 1.165) is 16.8 Å². The number of fused-ring (bicyclic) bond motifs is 1. The Balaban J connectivity index is 2.16. The predicted molar refractivity (Wildman–Crippen MR) is 77.6 cm³/mol. The molecule has 1 saturated heterocycles. The summed E-state index contributed by atoms with van der Waals surface area (Å²) in [6.07, 6.45) is 2.47. The zero-order chi connectivity index (χ0) is 12.7. The van der Waals surface area contributed by atoms with Crippen molar-refractivity contribution in [1.29, 1.82) is 0 Å². The molecule has 96 valence electrons. The van der Waals surface area contributed by atoms with Crippen LogP contribution in [-0.2, 0) is 0 Å². The number of aromatic nitrogens is 2. The van der Waals surface area contributed by atoms with Crippen LogP contribution in [0.15, 0.2) is 18.2 Å². The third kappa shape index (κ3) is 1.89. The quantitative estimate of drug-likeness (QED) is 0.797. The minimum absolute atomic E-state index is 0.506. The van der Waals surface area contributed by atoms with Gasteiger partial charge in [-0.1, -0.05) is 12.1 Å². The molecule has 0 radical (unpaired) electrons. The largest absolute Gasteiger partial charge is 0.331 e. The number of likely N-dealkylation sites (N-methyl/N-ethyl adjacent to an activating group) is 1. The van der Waals surface area contributed by atoms with Crippen LogP contribution < -0.4 is 0 Å². The van der Waals surface area contributed by atoms with E-state index in [1.165, 1.54) is 30.5 Å². The van der Waals surface area contributed by atoms with Gasteiger partial charge in [0.15, 0.2) is 4.77 Å². The lowest BCUT2D eigenvalue weighted by Gasteiger charge is -2.31. The second-order valence-electron chi connectivity index (χ2n) is 5.33. The van der Waals surface area contributed by atoms with E-state index in [-0.39, 0.29) is 0 Å². The number of benzene rings is 1. The van der Waals surface area contributed by atoms with Crippen LogP contribution in [0.1, 0.15) is 24.4 Å². The molecule has 1 unspecified atom stereocenters. The number of aromatic amines is 1. The van der Waals surface area contributed by atoms with Crippen LogP contribution in [0.4, 0.5) is 0 Å². The summed E-state index contributed by atoms with van der Waals surface area (Å²) >= 11 is 5.52. The number of H-pyrrole nitrogens is 1. The number of imidazole rings is 1. The van der Waals surface area contributed by atoms with Gasteiger partial charge in [0.2, 0.25) is 0 Å². The Bertz CT molecular complexity index is 625. The van der Waals surface area contributed by atoms with E-state index >= 15 is 0 Å². The SMILES string of the molecule is Cc1cccc2[nH]c(=S)n(C3CCCN(C)C3)c12. The Labute approximate surface area is 112 Å². The van der Waals surface area contributed by atoms with Crippen molar-refractivity contribution in [2.24, 2.45) is 0 Å². The van der Waals surface area contributed by atoms with Gasteiger partial charge < -0.3 is 14.5 Å². The molecule has 0 amide bonds. The maximum atomic E-state index is 5.52. The predicted octanol–water partition coefficient (Wildman–Crippen LogP) is 3.27. The third-order valence-electron chi connectivity index (χ3n) is 3.90. The van der Waals surface area contributed by atoms with Crippen molar-refractivity contribution in [2.45, 2.75) is 25.8 Å². The molecule has 1 N–H and O–H groups in total. The topological polar surface area (TPSA) is 24.0 Å². The summed E-state index contributed by atoms with van der Waals surface area (Å²) in [6, 6.07) is 6.86. The number of likely N-dealkylation sites (tertiary alicyclic amines) is 1. The molecule has 1 aromatic heterocycles. The van der Waals surface area contributed by atoms with E-state index in [1.54, 1.807) is 0 Å². The first-order valence-electron chi connectivity index (χ1n) is 6.55. The highest BCUT2D eigenvalue weighted by Crippen LogP contribution is 2.27. The van der Waals surface area contributed by atoms with Gasteiger partial charge in [0.1, 0.15) is 0 Å². The lowest BCUT2D eigenvalue weighted by Crippen LogP contribution is -2.33. The molecule has 0 spiro atoms. The van der Waals surface area contributed by atoms with Crippen LogP contribution >= 0.6 is 12.2 Å². The van der Waals surface area contributed by atoms with Crippen LogP contribution in [0.25, 0.3) is 11.0 Å². The van der Waals surface area contributed by atoms with Crippen LogP contribution in [0.3, 0.4) is 0 Å². The van der Waals surface area contributed by atoms with Gasteiger partial charge in [-0.05, 0) is 57.2 Å². The minimum Gasteiger partial charge on any atom is -0.331 e. The average molecular weight is 261 g/mol. The molecule has 0 saturated carbocycles. The summed E-state index contributed by atoms with van der Waals surface area (Å²) in [5.41, 5.74) is 3.74. The number of nitrogens with zero attached hydrogens (tertiary/aromatic N) is 2. The van der Waals surface area contributed by atoms with Crippen LogP contribution in [0.5, 0.6) is 0 Å². The first-order valence-corrected chi connectivity index (χ1v) is 6.96. The van der Waals surface area contributed by atoms with Gasteiger partial charge in [0.25, 0.3) is 0 Å². The first-order chi connectivity index (χ1) is 8.66. The van der Waals surface area contributed by atoms with Gasteiger partial charge in [0, 0.05) is 12.6 Å². The van der Waals surface area contributed by atoms with E-state index in [9.17, 15) is 0 Å². The van der Waals surface area contributed by atoms with E-state index in [1.807, 2.05) is 0 Å². The Morgan fingerprint density at radius 1 is 1.39 bits per heavy atom. The molecule has 1 aliphatic heterocycles. The molecule has 1 fully saturated rings. The highest BCUT2D eigenvalue weighted by molar-refractivity contribution is 7.71. The van der Waals surface area contributed by atoms with Gasteiger partial charge in [-0.15, -0.1) is 0 Å². The average Bonchev–Trinajstić information content (AvgIpc) is 2.67. The zero-order valence-electron chi connectivity index (χ0n) is 10.9. The number of rotatable bonds is 1. The van der Waals surface area contributed by atoms with Crippen LogP contribution in [-0.4, -0.2) is 34.6 Å². The Morgan fingerprint density at radius 2 is 2.22 bits per heavy atom. The molecule has 1 aliphatic rings. The van der Waals surface area contributed by atoms with Crippen LogP contribution in [0, 0.1) is 11.7 Å². The lowest BCUT2D eigenvalue weighted by atomic mass is 10.1. The molecule has 2 aromatic rings. The summed E-state index contributed by atoms with van der Waals surface area (Å²) in [4.78, 5) is 5.74. The summed E-state index contributed by atoms with van der Waals surface area (Å²) in [7, 11) is 2.19. The fourth-order valence-corrected chi connectivity index (χ4v) is 3.41. The summed E-state index contributed by atoms with van der Waals surface area (Å²) in [5.74, 6) is 0. The molecule has 4 heteroatoms. The van der Waals surface area contributed by atoms with E-state index in [2.05, 4.69) is 46.6 Å². The van der Waals surface area contributed by atoms with Crippen molar-refractivity contribution in [1.82, 2.24) is 14.5 Å². The highest BCUT2D eigenvalue weighted by Gasteiger charge is 2.21. The molecule has 2 heterocycles. The van der Waals surface area contributed by atoms with Crippen molar-refractivity contribution in [3.63, 3.8) is 0 Å². The van der Waals surface area contributed by atoms with Crippen molar-refractivity contribution in [2.75, 3.05) is 20.1 Å². The van der Waals surface area contributed by atoms with Gasteiger partial charge in [-0.25, -0.2) is 0 Å². The standard InChI is InChI=1S/C14H19N3S/c1-10-5-3-7-12-13(10)17(14(18)15-12)11-6-4-8-16(2)9-11/h3,5,7,11H,4,6,8-9H2,1-2H3,(H,15,18). The van der Waals surface area contributed by atoms with Gasteiger partial charge >= 0.3 is 0 Å². The van der Waals surface area contributed by atoms with Crippen LogP contribution in [0.2, 0.25) is 0 Å². The molecule has 1 atom stereocenters. The number of aryl methyl sites for hydroxylation is 1. The van der Waals surface area contributed by atoms with Crippen molar-refractivity contribution in [3.05, 3.63) is 28.5 Å². The fourth-order valence-electron chi connectivity index (χ4n) is 3.05. The molecule has 18 heavy (non-hydrogen) atoms. The number of hydrogen-bond donors (Lipinski definition) is 1.